The number of rotatable bonds is 41. The molecule has 0 spiro atoms. The van der Waals surface area contributed by atoms with Crippen molar-refractivity contribution in [1.82, 2.24) is 0 Å². The van der Waals surface area contributed by atoms with Crippen molar-refractivity contribution in [3.63, 3.8) is 0 Å². The van der Waals surface area contributed by atoms with Gasteiger partial charge in [-0.05, 0) is 57.4 Å². The second kappa shape index (κ2) is 35.8. The van der Waals surface area contributed by atoms with Crippen LogP contribution in [0.15, 0.2) is 101 Å². The van der Waals surface area contributed by atoms with Crippen LogP contribution in [0.2, 0.25) is 48.4 Å². The maximum atomic E-state index is 12.6. The number of ether oxygens (including phenoxy) is 8. The minimum absolute atomic E-state index is 0.0109. The zero-order chi connectivity index (χ0) is 62.5. The molecular formula is C48H76O28Si9. The summed E-state index contributed by atoms with van der Waals surface area (Å²) in [7, 11) is -37.6. The Balaban J connectivity index is 2.24. The molecule has 6 bridgehead atoms. The number of hydrogen-bond acceptors (Lipinski definition) is 28. The molecule has 28 nitrogen and oxygen atoms in total. The van der Waals surface area contributed by atoms with E-state index in [1.807, 2.05) is 0 Å². The van der Waals surface area contributed by atoms with Crippen LogP contribution in [0.4, 0.5) is 0 Å². The standard InChI is InChI=1S/C48H76O28Si9/c1-9-41(49)57-25-17-33-78-66-80(35-19-27-59-43(51)11-3)70-82(37-21-29-61-45(53)13-5)68-79(65-77,34-18-26-58-42(50)10-2)69-83(38-22-30-62-46(54)14-6)71-81(67-78,36-20-28-60-44(52)12-4)73-84(72-80,39-23-31-63-47(55)15-7)76-85(74-82,75-83)40-24-32-64-48(56)16-8/h9-16,78H,1-8,17-40H2,77H3. The maximum absolute atomic E-state index is 12.6. The van der Waals surface area contributed by atoms with Crippen LogP contribution in [0.1, 0.15) is 51.4 Å². The van der Waals surface area contributed by atoms with Crippen LogP contribution in [-0.4, -0.2) is 182 Å². The van der Waals surface area contributed by atoms with Crippen molar-refractivity contribution in [2.45, 2.75) is 99.7 Å². The highest BCUT2D eigenvalue weighted by molar-refractivity contribution is 7.00. The van der Waals surface area contributed by atoms with Gasteiger partial charge < -0.3 is 87.3 Å². The molecule has 472 valence electrons. The third kappa shape index (κ3) is 23.6. The normalized spacial score (nSPS) is 27.4. The van der Waals surface area contributed by atoms with E-state index in [2.05, 4.69) is 52.6 Å². The zero-order valence-corrected chi connectivity index (χ0v) is 57.9. The van der Waals surface area contributed by atoms with Gasteiger partial charge in [-0.1, -0.05) is 52.6 Å². The average Bonchev–Trinajstić information content (AvgIpc) is 0.757. The molecule has 0 aromatic rings. The van der Waals surface area contributed by atoms with Crippen molar-refractivity contribution in [2.24, 2.45) is 0 Å². The van der Waals surface area contributed by atoms with Crippen LogP contribution < -0.4 is 0 Å². The molecule has 0 amide bonds. The van der Waals surface area contributed by atoms with E-state index < -0.39 is 119 Å². The number of carbonyl (C=O) groups is 8. The quantitative estimate of drug-likeness (QED) is 0.0279. The third-order valence-electron chi connectivity index (χ3n) is 12.0. The second-order valence-corrected chi connectivity index (χ2v) is 43.8. The van der Waals surface area contributed by atoms with E-state index in [1.165, 1.54) is 0 Å². The number of fused-ring (bicyclic) bond motifs is 4. The van der Waals surface area contributed by atoms with E-state index >= 15 is 0 Å². The van der Waals surface area contributed by atoms with Crippen LogP contribution in [0.25, 0.3) is 0 Å². The number of esters is 8. The van der Waals surface area contributed by atoms with E-state index in [9.17, 15) is 38.4 Å². The summed E-state index contributed by atoms with van der Waals surface area (Å²) in [6.07, 6.45) is 7.68. The van der Waals surface area contributed by atoms with Gasteiger partial charge in [0, 0.05) is 90.9 Å². The molecule has 0 N–H and O–H groups in total. The Morgan fingerprint density at radius 3 is 0.741 bits per heavy atom. The second-order valence-electron chi connectivity index (χ2n) is 18.4. The minimum atomic E-state index is -4.93. The predicted molar refractivity (Wildman–Crippen MR) is 315 cm³/mol. The SMILES string of the molecule is C=CC(=O)OCCC[SiH]1O[Si]2(CCCOC(=O)C=C)O[Si]3(CCCOC(=O)C=C)O[Si](CCCOC(=O)C=C)(O[SiH3])O[Si]4(CCCOC(=O)C=C)O[Si](CCCOC(=O)C=C)(O1)O[Si](CCCOC(=O)C=C)(O2)O[Si](CCCOC(=O)C=C)(O3)O4. The van der Waals surface area contributed by atoms with Crippen LogP contribution in [-0.2, 0) is 126 Å². The monoisotopic (exact) mass is 1350 g/mol. The fraction of sp³-hybridized carbons (Fsp3) is 0.500. The highest BCUT2D eigenvalue weighted by Crippen LogP contribution is 2.51. The fourth-order valence-corrected chi connectivity index (χ4v) is 56.7. The van der Waals surface area contributed by atoms with Crippen LogP contribution in [0, 0.1) is 0 Å². The molecule has 4 saturated heterocycles. The van der Waals surface area contributed by atoms with Crippen molar-refractivity contribution >= 4 is 129 Å². The van der Waals surface area contributed by atoms with Crippen molar-refractivity contribution in [3.8, 4) is 0 Å². The molecule has 0 aromatic heterocycles. The van der Waals surface area contributed by atoms with Crippen molar-refractivity contribution in [3.05, 3.63) is 101 Å². The first-order valence-electron chi connectivity index (χ1n) is 27.2. The van der Waals surface area contributed by atoms with E-state index in [0.29, 0.717) is 0 Å². The summed E-state index contributed by atoms with van der Waals surface area (Å²) in [6.45, 7) is 26.1. The lowest BCUT2D eigenvalue weighted by Gasteiger charge is -2.60. The van der Waals surface area contributed by atoms with Gasteiger partial charge >= 0.3 is 119 Å². The Hall–Kier alpha value is -4.85. The molecule has 4 unspecified atom stereocenters. The van der Waals surface area contributed by atoms with Gasteiger partial charge in [0.2, 0.25) is 0 Å². The third-order valence-corrected chi connectivity index (χ3v) is 49.5. The molecule has 4 aliphatic heterocycles. The lowest BCUT2D eigenvalue weighted by atomic mass is 10.5. The summed E-state index contributed by atoms with van der Waals surface area (Å²) < 4.78 is 133. The molecule has 4 atom stereocenters. The lowest BCUT2D eigenvalue weighted by Crippen LogP contribution is -2.84. The van der Waals surface area contributed by atoms with Gasteiger partial charge in [-0.2, -0.15) is 0 Å². The lowest BCUT2D eigenvalue weighted by molar-refractivity contribution is -0.138. The molecule has 85 heavy (non-hydrogen) atoms. The highest BCUT2D eigenvalue weighted by atomic mass is 28.6. The van der Waals surface area contributed by atoms with Crippen LogP contribution in [0.3, 0.4) is 0 Å². The van der Waals surface area contributed by atoms with E-state index in [0.717, 1.165) is 48.6 Å². The average molecular weight is 1350 g/mol. The Kier molecular flexibility index (Phi) is 30.6. The summed E-state index contributed by atoms with van der Waals surface area (Å²) in [5.74, 6) is -5.96. The van der Waals surface area contributed by atoms with Crippen LogP contribution in [0.5, 0.6) is 0 Å². The molecule has 4 fully saturated rings. The van der Waals surface area contributed by atoms with Gasteiger partial charge in [0.1, 0.15) is 10.5 Å². The first kappa shape index (κ1) is 72.6. The molecule has 37 heteroatoms. The molecule has 0 aromatic carbocycles. The fourth-order valence-electron chi connectivity index (χ4n) is 8.43. The summed E-state index contributed by atoms with van der Waals surface area (Å²) in [4.78, 5) is 100. The Labute approximate surface area is 506 Å². The van der Waals surface area contributed by atoms with E-state index in [4.69, 9.17) is 87.3 Å². The van der Waals surface area contributed by atoms with Gasteiger partial charge in [-0.15, -0.1) is 0 Å². The summed E-state index contributed by atoms with van der Waals surface area (Å²) >= 11 is 0. The van der Waals surface area contributed by atoms with Crippen molar-refractivity contribution in [1.29, 1.82) is 0 Å². The highest BCUT2D eigenvalue weighted by Gasteiger charge is 2.78. The van der Waals surface area contributed by atoms with Crippen LogP contribution >= 0.6 is 0 Å². The van der Waals surface area contributed by atoms with Gasteiger partial charge in [-0.3, -0.25) is 0 Å². The molecule has 4 heterocycles. The summed E-state index contributed by atoms with van der Waals surface area (Å²) in [5.41, 5.74) is 0. The molecule has 0 radical (unpaired) electrons. The first-order chi connectivity index (χ1) is 40.6. The smallest absolute Gasteiger partial charge is 0.463 e. The van der Waals surface area contributed by atoms with Gasteiger partial charge in [0.25, 0.3) is 0 Å². The zero-order valence-electron chi connectivity index (χ0n) is 47.8. The molecular weight excluding hydrogens is 1280 g/mol. The molecule has 4 aliphatic rings. The Bertz CT molecular complexity index is 2320. The first-order valence-corrected chi connectivity index (χ1v) is 43.3. The number of hydrogen-bond donors (Lipinski definition) is 0. The predicted octanol–water partition coefficient (Wildman–Crippen LogP) is 3.27. The topological polar surface area (TPSA) is 321 Å². The number of carbonyl (C=O) groups excluding carboxylic acids is 8. The van der Waals surface area contributed by atoms with Crippen molar-refractivity contribution in [2.75, 3.05) is 52.9 Å². The van der Waals surface area contributed by atoms with Gasteiger partial charge in [0.05, 0.1) is 52.9 Å². The molecule has 0 saturated carbocycles. The van der Waals surface area contributed by atoms with E-state index in [1.54, 1.807) is 0 Å². The summed E-state index contributed by atoms with van der Waals surface area (Å²) in [6, 6.07) is -1.56. The maximum Gasteiger partial charge on any atom is 0.479 e. The Morgan fingerprint density at radius 1 is 0.306 bits per heavy atom. The largest absolute Gasteiger partial charge is 0.479 e. The van der Waals surface area contributed by atoms with Crippen molar-refractivity contribution < 1.29 is 126 Å². The summed E-state index contributed by atoms with van der Waals surface area (Å²) in [5, 5.41) is 0. The minimum Gasteiger partial charge on any atom is -0.463 e. The van der Waals surface area contributed by atoms with E-state index in [-0.39, 0.29) is 163 Å². The molecule has 0 aliphatic carbocycles. The van der Waals surface area contributed by atoms with Gasteiger partial charge in [-0.25, -0.2) is 38.4 Å². The van der Waals surface area contributed by atoms with Gasteiger partial charge in [0.15, 0.2) is 0 Å². The molecule has 4 rings (SSSR count). The Morgan fingerprint density at radius 2 is 0.506 bits per heavy atom.